The largest absolute Gasteiger partial charge is 0.454 e. The molecule has 1 aliphatic carbocycles. The Hall–Kier alpha value is -8.92. The Bertz CT molecular complexity index is 4160. The first kappa shape index (κ1) is 40.2. The molecule has 0 amide bonds. The van der Waals surface area contributed by atoms with Crippen LogP contribution in [-0.2, 0) is 5.41 Å². The molecule has 0 saturated heterocycles. The summed E-state index contributed by atoms with van der Waals surface area (Å²) in [4.78, 5) is 2.34. The van der Waals surface area contributed by atoms with Crippen LogP contribution in [0.1, 0.15) is 25.0 Å². The van der Waals surface area contributed by atoms with Crippen LogP contribution >= 0.6 is 0 Å². The van der Waals surface area contributed by atoms with Gasteiger partial charge in [-0.25, -0.2) is 0 Å². The molecule has 1 aliphatic rings. The lowest BCUT2D eigenvalue weighted by atomic mass is 9.82. The van der Waals surface area contributed by atoms with Crippen molar-refractivity contribution in [3.63, 3.8) is 0 Å². The number of nitrogens with zero attached hydrogens (tertiary/aromatic N) is 2. The van der Waals surface area contributed by atoms with E-state index in [0.29, 0.717) is 0 Å². The highest BCUT2D eigenvalue weighted by molar-refractivity contribution is 6.15. The summed E-state index contributed by atoms with van der Waals surface area (Å²) >= 11 is 0. The first-order chi connectivity index (χ1) is 34.4. The van der Waals surface area contributed by atoms with Gasteiger partial charge in [0.2, 0.25) is 0 Å². The molecular formula is C67H46N2O. The molecule has 0 atom stereocenters. The fourth-order valence-corrected chi connectivity index (χ4v) is 11.4. The van der Waals surface area contributed by atoms with E-state index in [4.69, 9.17) is 4.42 Å². The molecule has 3 heteroatoms. The number of hydrogen-bond acceptors (Lipinski definition) is 2. The molecule has 0 spiro atoms. The van der Waals surface area contributed by atoms with Gasteiger partial charge in [0.15, 0.2) is 5.58 Å². The summed E-state index contributed by atoms with van der Waals surface area (Å²) in [6.07, 6.45) is 0. The van der Waals surface area contributed by atoms with Crippen molar-refractivity contribution in [2.45, 2.75) is 19.3 Å². The zero-order valence-electron chi connectivity index (χ0n) is 38.9. The third-order valence-electron chi connectivity index (χ3n) is 15.0. The minimum Gasteiger partial charge on any atom is -0.454 e. The number of anilines is 3. The summed E-state index contributed by atoms with van der Waals surface area (Å²) in [7, 11) is 0. The topological polar surface area (TPSA) is 21.3 Å². The predicted molar refractivity (Wildman–Crippen MR) is 294 cm³/mol. The summed E-state index contributed by atoms with van der Waals surface area (Å²) < 4.78 is 9.32. The normalized spacial score (nSPS) is 12.8. The van der Waals surface area contributed by atoms with E-state index in [1.54, 1.807) is 0 Å². The van der Waals surface area contributed by atoms with E-state index in [9.17, 15) is 0 Å². The highest BCUT2D eigenvalue weighted by atomic mass is 16.3. The Morgan fingerprint density at radius 3 is 1.61 bits per heavy atom. The molecule has 0 unspecified atom stereocenters. The average molecular weight is 895 g/mol. The van der Waals surface area contributed by atoms with Crippen LogP contribution in [0.5, 0.6) is 0 Å². The van der Waals surface area contributed by atoms with Crippen LogP contribution in [0.4, 0.5) is 17.1 Å². The molecule has 2 heterocycles. The number of para-hydroxylation sites is 1. The molecule has 13 aromatic rings. The zero-order chi connectivity index (χ0) is 46.5. The molecule has 0 bridgehead atoms. The second-order valence-corrected chi connectivity index (χ2v) is 19.3. The molecule has 0 saturated carbocycles. The van der Waals surface area contributed by atoms with E-state index in [1.807, 2.05) is 0 Å². The number of aromatic nitrogens is 1. The molecule has 11 aromatic carbocycles. The predicted octanol–water partition coefficient (Wildman–Crippen LogP) is 18.6. The van der Waals surface area contributed by atoms with Crippen molar-refractivity contribution in [3.8, 4) is 50.2 Å². The summed E-state index contributed by atoms with van der Waals surface area (Å²) in [6.45, 7) is 4.74. The lowest BCUT2D eigenvalue weighted by Crippen LogP contribution is -2.14. The molecule has 0 N–H and O–H groups in total. The fourth-order valence-electron chi connectivity index (χ4n) is 11.4. The van der Waals surface area contributed by atoms with Crippen molar-refractivity contribution < 1.29 is 4.42 Å². The van der Waals surface area contributed by atoms with Gasteiger partial charge >= 0.3 is 0 Å². The number of fused-ring (bicyclic) bond motifs is 10. The van der Waals surface area contributed by atoms with Gasteiger partial charge in [-0.15, -0.1) is 0 Å². The minimum absolute atomic E-state index is 0.117. The van der Waals surface area contributed by atoms with Gasteiger partial charge in [0, 0.05) is 44.0 Å². The molecule has 0 aliphatic heterocycles. The molecule has 70 heavy (non-hydrogen) atoms. The van der Waals surface area contributed by atoms with Gasteiger partial charge in [0.05, 0.1) is 16.7 Å². The monoisotopic (exact) mass is 894 g/mol. The maximum atomic E-state index is 6.85. The van der Waals surface area contributed by atoms with Gasteiger partial charge < -0.3 is 13.9 Å². The summed E-state index contributed by atoms with van der Waals surface area (Å²) in [6, 6.07) is 88.5. The van der Waals surface area contributed by atoms with Crippen LogP contribution in [0, 0.1) is 0 Å². The Morgan fingerprint density at radius 2 is 0.929 bits per heavy atom. The number of benzene rings is 11. The van der Waals surface area contributed by atoms with E-state index >= 15 is 0 Å². The van der Waals surface area contributed by atoms with Crippen LogP contribution in [0.3, 0.4) is 0 Å². The lowest BCUT2D eigenvalue weighted by Gasteiger charge is -2.26. The van der Waals surface area contributed by atoms with E-state index in [1.165, 1.54) is 77.3 Å². The highest BCUT2D eigenvalue weighted by Crippen LogP contribution is 2.51. The molecular weight excluding hydrogens is 849 g/mol. The summed E-state index contributed by atoms with van der Waals surface area (Å²) in [5.41, 5.74) is 20.8. The molecule has 330 valence electrons. The van der Waals surface area contributed by atoms with Crippen molar-refractivity contribution >= 4 is 71.6 Å². The van der Waals surface area contributed by atoms with E-state index < -0.39 is 0 Å². The van der Waals surface area contributed by atoms with Crippen LogP contribution in [0.25, 0.3) is 105 Å². The molecule has 14 rings (SSSR count). The second kappa shape index (κ2) is 15.6. The van der Waals surface area contributed by atoms with Crippen LogP contribution in [0.2, 0.25) is 0 Å². The van der Waals surface area contributed by atoms with Crippen molar-refractivity contribution in [2.75, 3.05) is 4.90 Å². The Kier molecular flexibility index (Phi) is 8.93. The van der Waals surface area contributed by atoms with Crippen LogP contribution in [-0.4, -0.2) is 4.57 Å². The van der Waals surface area contributed by atoms with Crippen molar-refractivity contribution in [1.29, 1.82) is 0 Å². The van der Waals surface area contributed by atoms with Gasteiger partial charge in [0.1, 0.15) is 5.58 Å². The third kappa shape index (κ3) is 6.28. The maximum Gasteiger partial charge on any atom is 0.159 e. The lowest BCUT2D eigenvalue weighted by molar-refractivity contribution is 0.661. The SMILES string of the molecule is CC1(C)c2ccccc2-c2cc3c4cc(-c5ccc(N(c6ccc(-c7ccccc7)cc6)c6cccc7c6oc6cc8ccccc8cc67)cc5)ccc4n(-c4ccc(-c5ccccc5)cc4)c3cc21. The Balaban J connectivity index is 0.910. The summed E-state index contributed by atoms with van der Waals surface area (Å²) in [5, 5.41) is 7.06. The van der Waals surface area contributed by atoms with Gasteiger partial charge in [-0.05, 0) is 145 Å². The minimum atomic E-state index is -0.117. The zero-order valence-corrected chi connectivity index (χ0v) is 38.9. The smallest absolute Gasteiger partial charge is 0.159 e. The quantitative estimate of drug-likeness (QED) is 0.159. The van der Waals surface area contributed by atoms with E-state index in [2.05, 4.69) is 266 Å². The molecule has 0 radical (unpaired) electrons. The molecule has 3 nitrogen and oxygen atoms in total. The second-order valence-electron chi connectivity index (χ2n) is 19.3. The number of rotatable bonds is 7. The number of furan rings is 1. The molecule has 2 aromatic heterocycles. The molecule has 0 fully saturated rings. The van der Waals surface area contributed by atoms with Crippen LogP contribution < -0.4 is 4.90 Å². The van der Waals surface area contributed by atoms with E-state index in [-0.39, 0.29) is 5.41 Å². The Labute approximate surface area is 406 Å². The highest BCUT2D eigenvalue weighted by Gasteiger charge is 2.36. The third-order valence-corrected chi connectivity index (χ3v) is 15.0. The first-order valence-corrected chi connectivity index (χ1v) is 24.2. The Morgan fingerprint density at radius 1 is 0.371 bits per heavy atom. The van der Waals surface area contributed by atoms with Crippen molar-refractivity contribution in [2.24, 2.45) is 0 Å². The average Bonchev–Trinajstić information content (AvgIpc) is 4.02. The van der Waals surface area contributed by atoms with Crippen molar-refractivity contribution in [3.05, 3.63) is 254 Å². The van der Waals surface area contributed by atoms with E-state index in [0.717, 1.165) is 55.6 Å². The van der Waals surface area contributed by atoms with Crippen LogP contribution in [0.15, 0.2) is 247 Å². The van der Waals surface area contributed by atoms with Crippen molar-refractivity contribution in [1.82, 2.24) is 4.57 Å². The van der Waals surface area contributed by atoms with Gasteiger partial charge in [-0.2, -0.15) is 0 Å². The number of hydrogen-bond donors (Lipinski definition) is 0. The fraction of sp³-hybridized carbons (Fsp3) is 0.0448. The first-order valence-electron chi connectivity index (χ1n) is 24.2. The standard InChI is InChI=1S/C67H46N2O/c1-67(2)60-22-12-11-20-54(60)56-41-58-57-38-50(30-37-62(57)69(64(58)42-61(56)67)53-35-26-46(27-36-53)44-16-7-4-8-17-44)47-28-33-52(34-29-47)68(51-31-24-45(25-32-51)43-14-5-3-6-15-43)63-23-13-21-55-59-39-48-18-9-10-19-49(48)40-65(59)70-66(55)63/h3-42H,1-2H3. The maximum absolute atomic E-state index is 6.85. The van der Waals surface area contributed by atoms with Gasteiger partial charge in [0.25, 0.3) is 0 Å². The van der Waals surface area contributed by atoms with Gasteiger partial charge in [-0.1, -0.05) is 178 Å². The van der Waals surface area contributed by atoms with Gasteiger partial charge in [-0.3, -0.25) is 0 Å². The summed E-state index contributed by atoms with van der Waals surface area (Å²) in [5.74, 6) is 0.